The second-order valence-corrected chi connectivity index (χ2v) is 5.24. The zero-order chi connectivity index (χ0) is 12.6. The van der Waals surface area contributed by atoms with E-state index in [1.54, 1.807) is 11.8 Å². The highest BCUT2D eigenvalue weighted by Crippen LogP contribution is 2.43. The topological polar surface area (TPSA) is 46.6 Å². The van der Waals surface area contributed by atoms with Crippen molar-refractivity contribution in [2.24, 2.45) is 5.92 Å². The normalized spacial score (nSPS) is 28.2. The van der Waals surface area contributed by atoms with Gasteiger partial charge in [-0.25, -0.2) is 4.79 Å². The van der Waals surface area contributed by atoms with E-state index in [2.05, 4.69) is 17.1 Å². The Morgan fingerprint density at radius 2 is 2.35 bits per heavy atom. The summed E-state index contributed by atoms with van der Waals surface area (Å²) in [7, 11) is 0. The van der Waals surface area contributed by atoms with Gasteiger partial charge >= 0.3 is 5.97 Å². The molecule has 0 aliphatic carbocycles. The van der Waals surface area contributed by atoms with Crippen LogP contribution in [0, 0.1) is 5.92 Å². The van der Waals surface area contributed by atoms with Crippen molar-refractivity contribution in [2.45, 2.75) is 19.2 Å². The highest BCUT2D eigenvalue weighted by molar-refractivity contribution is 8.00. The Labute approximate surface area is 110 Å². The zero-order valence-electron chi connectivity index (χ0n) is 9.54. The van der Waals surface area contributed by atoms with E-state index in [0.717, 1.165) is 5.57 Å². The summed E-state index contributed by atoms with van der Waals surface area (Å²) in [4.78, 5) is 25.0. The van der Waals surface area contributed by atoms with Gasteiger partial charge in [-0.1, -0.05) is 19.1 Å². The van der Waals surface area contributed by atoms with Crippen molar-refractivity contribution in [3.63, 3.8) is 0 Å². The Morgan fingerprint density at radius 1 is 1.65 bits per heavy atom. The first-order chi connectivity index (χ1) is 8.11. The lowest BCUT2D eigenvalue weighted by atomic mass is 9.97. The van der Waals surface area contributed by atoms with Crippen molar-refractivity contribution in [1.82, 2.24) is 4.90 Å². The second-order valence-electron chi connectivity index (χ2n) is 3.95. The van der Waals surface area contributed by atoms with E-state index in [0.29, 0.717) is 11.4 Å². The van der Waals surface area contributed by atoms with Gasteiger partial charge < -0.3 is 4.18 Å². The highest BCUT2D eigenvalue weighted by atomic mass is 32.2. The summed E-state index contributed by atoms with van der Waals surface area (Å²) in [6.45, 7) is 3.74. The van der Waals surface area contributed by atoms with Crippen molar-refractivity contribution in [2.75, 3.05) is 5.75 Å². The third-order valence-electron chi connectivity index (χ3n) is 2.91. The molecule has 2 aliphatic heterocycles. The van der Waals surface area contributed by atoms with E-state index in [1.165, 1.54) is 4.90 Å². The molecule has 4 nitrogen and oxygen atoms in total. The van der Waals surface area contributed by atoms with Crippen molar-refractivity contribution in [3.8, 4) is 0 Å². The quantitative estimate of drug-likeness (QED) is 0.472. The molecule has 0 aromatic heterocycles. The molecule has 0 saturated carbocycles. The third-order valence-corrected chi connectivity index (χ3v) is 4.51. The van der Waals surface area contributed by atoms with Crippen LogP contribution in [0.1, 0.15) is 13.8 Å². The van der Waals surface area contributed by atoms with Crippen LogP contribution in [0.15, 0.2) is 23.4 Å². The number of nitrogens with zero attached hydrogens (tertiary/aromatic N) is 1. The van der Waals surface area contributed by atoms with Gasteiger partial charge in [0.05, 0.1) is 11.3 Å². The van der Waals surface area contributed by atoms with Crippen LogP contribution < -0.4 is 0 Å². The number of amides is 1. The first-order valence-electron chi connectivity index (χ1n) is 5.28. The maximum absolute atomic E-state index is 11.8. The van der Waals surface area contributed by atoms with Gasteiger partial charge in [0.2, 0.25) is 5.91 Å². The monoisotopic (exact) mass is 271 g/mol. The molecule has 0 bridgehead atoms. The van der Waals surface area contributed by atoms with E-state index in [-0.39, 0.29) is 17.2 Å². The molecule has 1 unspecified atom stereocenters. The summed E-state index contributed by atoms with van der Waals surface area (Å²) in [5.41, 5.74) is 1.15. The number of allylic oxidation sites excluding steroid dienone is 2. The molecule has 1 fully saturated rings. The summed E-state index contributed by atoms with van der Waals surface area (Å²) in [5, 5.41) is 0.0546. The number of rotatable bonds is 2. The van der Waals surface area contributed by atoms with Crippen LogP contribution in [-0.2, 0) is 13.8 Å². The first kappa shape index (κ1) is 12.6. The molecule has 0 aromatic carbocycles. The lowest BCUT2D eigenvalue weighted by Crippen LogP contribution is -2.60. The smallest absolute Gasteiger partial charge is 0.367 e. The van der Waals surface area contributed by atoms with Crippen LogP contribution >= 0.6 is 24.7 Å². The molecule has 0 radical (unpaired) electrons. The average Bonchev–Trinajstić information content (AvgIpc) is 2.36. The molecule has 0 aromatic rings. The summed E-state index contributed by atoms with van der Waals surface area (Å²) in [6.07, 6.45) is 3.68. The SMILES string of the molecule is C/C=C\C1=C(C(=O)OS)N2C(=O)[C@@H](C)C2SC1. The maximum atomic E-state index is 11.8. The molecule has 2 atom stereocenters. The Hall–Kier alpha value is -0.880. The second kappa shape index (κ2) is 4.78. The molecule has 6 heteroatoms. The van der Waals surface area contributed by atoms with Crippen molar-refractivity contribution < 1.29 is 13.8 Å². The van der Waals surface area contributed by atoms with E-state index < -0.39 is 5.97 Å². The fourth-order valence-corrected chi connectivity index (χ4v) is 3.50. The number of carbonyl (C=O) groups excluding carboxylic acids is 2. The summed E-state index contributed by atoms with van der Waals surface area (Å²) >= 11 is 5.20. The number of fused-ring (bicyclic) bond motifs is 1. The molecule has 2 heterocycles. The number of carbonyl (C=O) groups is 2. The summed E-state index contributed by atoms with van der Waals surface area (Å²) in [6, 6.07) is 0. The molecule has 1 amide bonds. The van der Waals surface area contributed by atoms with E-state index >= 15 is 0 Å². The van der Waals surface area contributed by atoms with Crippen LogP contribution in [0.5, 0.6) is 0 Å². The summed E-state index contributed by atoms with van der Waals surface area (Å²) in [5.74, 6) is 0.0845. The lowest BCUT2D eigenvalue weighted by Gasteiger charge is -2.48. The fourth-order valence-electron chi connectivity index (χ4n) is 2.06. The van der Waals surface area contributed by atoms with E-state index in [9.17, 15) is 9.59 Å². The minimum Gasteiger partial charge on any atom is -0.390 e. The molecular weight excluding hydrogens is 258 g/mol. The number of hydrogen-bond acceptors (Lipinski definition) is 5. The highest BCUT2D eigenvalue weighted by Gasteiger charge is 2.51. The maximum Gasteiger partial charge on any atom is 0.367 e. The number of β-lactam (4-membered cyclic amide) rings is 1. The van der Waals surface area contributed by atoms with Crippen LogP contribution in [0.25, 0.3) is 0 Å². The van der Waals surface area contributed by atoms with Crippen molar-refractivity contribution in [3.05, 3.63) is 23.4 Å². The van der Waals surface area contributed by atoms with Crippen LogP contribution in [0.4, 0.5) is 0 Å². The zero-order valence-corrected chi connectivity index (χ0v) is 11.3. The van der Waals surface area contributed by atoms with Crippen LogP contribution in [-0.4, -0.2) is 27.9 Å². The van der Waals surface area contributed by atoms with E-state index in [1.807, 2.05) is 26.0 Å². The molecule has 17 heavy (non-hydrogen) atoms. The average molecular weight is 271 g/mol. The van der Waals surface area contributed by atoms with Crippen molar-refractivity contribution >= 4 is 36.5 Å². The molecule has 92 valence electrons. The van der Waals surface area contributed by atoms with Gasteiger partial charge in [0, 0.05) is 18.7 Å². The van der Waals surface area contributed by atoms with Gasteiger partial charge in [0.15, 0.2) is 0 Å². The largest absolute Gasteiger partial charge is 0.390 e. The molecule has 2 rings (SSSR count). The molecule has 0 N–H and O–H groups in total. The Bertz CT molecular complexity index is 430. The van der Waals surface area contributed by atoms with Crippen molar-refractivity contribution in [1.29, 1.82) is 0 Å². The summed E-state index contributed by atoms with van der Waals surface area (Å²) < 4.78 is 4.46. The third kappa shape index (κ3) is 1.89. The first-order valence-corrected chi connectivity index (χ1v) is 6.69. The molecule has 1 saturated heterocycles. The van der Waals surface area contributed by atoms with Gasteiger partial charge in [-0.05, 0) is 12.5 Å². The lowest BCUT2D eigenvalue weighted by molar-refractivity contribution is -0.150. The predicted molar refractivity (Wildman–Crippen MR) is 69.2 cm³/mol. The number of thioether (sulfide) groups is 1. The minimum absolute atomic E-state index is 0.0297. The van der Waals surface area contributed by atoms with E-state index in [4.69, 9.17) is 0 Å². The van der Waals surface area contributed by atoms with Gasteiger partial charge in [-0.15, -0.1) is 11.8 Å². The molecule has 0 spiro atoms. The van der Waals surface area contributed by atoms with Gasteiger partial charge in [0.1, 0.15) is 5.70 Å². The van der Waals surface area contributed by atoms with Gasteiger partial charge in [-0.3, -0.25) is 9.69 Å². The van der Waals surface area contributed by atoms with Crippen LogP contribution in [0.3, 0.4) is 0 Å². The Morgan fingerprint density at radius 3 is 2.94 bits per heavy atom. The Balaban J connectivity index is 2.41. The molecular formula is C11H13NO3S2. The standard InChI is InChI=1S/C11H13NO3S2/c1-3-4-7-5-17-10-6(2)9(13)12(10)8(7)11(14)15-16/h3-4,6,10,16H,5H2,1-2H3/b4-3-/t6-,10?/m1/s1. The fraction of sp³-hybridized carbons (Fsp3) is 0.455. The minimum atomic E-state index is -0.563. The number of hydrogen-bond donors (Lipinski definition) is 1. The Kier molecular flexibility index (Phi) is 3.53. The molecule has 2 aliphatic rings. The van der Waals surface area contributed by atoms with Crippen LogP contribution in [0.2, 0.25) is 0 Å². The van der Waals surface area contributed by atoms with Gasteiger partial charge in [0.25, 0.3) is 0 Å². The number of thiol groups is 1. The predicted octanol–water partition coefficient (Wildman–Crippen LogP) is 1.76. The van der Waals surface area contributed by atoms with Gasteiger partial charge in [-0.2, -0.15) is 0 Å².